The summed E-state index contributed by atoms with van der Waals surface area (Å²) in [5.41, 5.74) is -4.19. The standard InChI is InChI=1S/C23H21FO4S/c1-28-20-14-12-18(13-15-20)16-17-23(25,19-8-4-2-5-9-19)22(24)29(26,27)21-10-6-3-7-11-21/h2-17,22,25H,1H3/b17-16+. The largest absolute Gasteiger partial charge is 0.497 e. The van der Waals surface area contributed by atoms with E-state index in [0.29, 0.717) is 11.3 Å². The first-order valence-electron chi connectivity index (χ1n) is 8.92. The summed E-state index contributed by atoms with van der Waals surface area (Å²) in [6.45, 7) is 0. The van der Waals surface area contributed by atoms with E-state index in [4.69, 9.17) is 4.74 Å². The van der Waals surface area contributed by atoms with Crippen LogP contribution in [0.15, 0.2) is 95.9 Å². The minimum atomic E-state index is -4.45. The molecule has 0 aliphatic rings. The Kier molecular flexibility index (Phi) is 6.15. The van der Waals surface area contributed by atoms with Crippen molar-refractivity contribution in [1.82, 2.24) is 0 Å². The molecular weight excluding hydrogens is 391 g/mol. The molecule has 0 aromatic heterocycles. The Morgan fingerprint density at radius 3 is 2.03 bits per heavy atom. The summed E-state index contributed by atoms with van der Waals surface area (Å²) in [5.74, 6) is 0.649. The van der Waals surface area contributed by atoms with Crippen molar-refractivity contribution in [2.45, 2.75) is 16.0 Å². The molecule has 0 fully saturated rings. The molecule has 0 radical (unpaired) electrons. The Bertz CT molecular complexity index is 1060. The van der Waals surface area contributed by atoms with Crippen molar-refractivity contribution in [3.63, 3.8) is 0 Å². The predicted molar refractivity (Wildman–Crippen MR) is 111 cm³/mol. The van der Waals surface area contributed by atoms with Gasteiger partial charge in [-0.05, 0) is 41.5 Å². The average Bonchev–Trinajstić information content (AvgIpc) is 2.78. The summed E-state index contributed by atoms with van der Waals surface area (Å²) in [5, 5.41) is 11.2. The van der Waals surface area contributed by atoms with Gasteiger partial charge in [-0.15, -0.1) is 0 Å². The number of methoxy groups -OCH3 is 1. The van der Waals surface area contributed by atoms with E-state index in [2.05, 4.69) is 0 Å². The van der Waals surface area contributed by atoms with Crippen molar-refractivity contribution in [1.29, 1.82) is 0 Å². The monoisotopic (exact) mass is 412 g/mol. The molecule has 0 saturated heterocycles. The molecule has 29 heavy (non-hydrogen) atoms. The zero-order valence-electron chi connectivity index (χ0n) is 15.8. The van der Waals surface area contributed by atoms with Crippen molar-refractivity contribution in [2.75, 3.05) is 7.11 Å². The van der Waals surface area contributed by atoms with Crippen LogP contribution in [0.5, 0.6) is 5.75 Å². The van der Waals surface area contributed by atoms with Crippen LogP contribution in [0.1, 0.15) is 11.1 Å². The van der Waals surface area contributed by atoms with Crippen LogP contribution in [0.3, 0.4) is 0 Å². The number of ether oxygens (including phenoxy) is 1. The molecule has 0 amide bonds. The molecule has 0 saturated carbocycles. The van der Waals surface area contributed by atoms with Gasteiger partial charge >= 0.3 is 0 Å². The first kappa shape index (κ1) is 20.8. The normalized spacial score (nSPS) is 15.0. The molecule has 0 aliphatic carbocycles. The van der Waals surface area contributed by atoms with E-state index in [-0.39, 0.29) is 10.5 Å². The predicted octanol–water partition coefficient (Wildman–Crippen LogP) is 4.37. The highest BCUT2D eigenvalue weighted by Crippen LogP contribution is 2.35. The zero-order chi connectivity index (χ0) is 20.9. The molecule has 0 bridgehead atoms. The summed E-state index contributed by atoms with van der Waals surface area (Å²) >= 11 is 0. The van der Waals surface area contributed by atoms with Gasteiger partial charge in [-0.2, -0.15) is 0 Å². The Labute approximate surface area is 169 Å². The lowest BCUT2D eigenvalue weighted by atomic mass is 9.93. The fraction of sp³-hybridized carbons (Fsp3) is 0.130. The number of alkyl halides is 1. The first-order chi connectivity index (χ1) is 13.9. The van der Waals surface area contributed by atoms with Crippen LogP contribution in [0.25, 0.3) is 6.08 Å². The van der Waals surface area contributed by atoms with Crippen LogP contribution < -0.4 is 4.74 Å². The van der Waals surface area contributed by atoms with Gasteiger partial charge in [0.15, 0.2) is 5.60 Å². The second kappa shape index (κ2) is 8.59. The highest BCUT2D eigenvalue weighted by atomic mass is 32.2. The van der Waals surface area contributed by atoms with Crippen LogP contribution in [0.2, 0.25) is 0 Å². The number of sulfone groups is 1. The lowest BCUT2D eigenvalue weighted by molar-refractivity contribution is 0.0399. The van der Waals surface area contributed by atoms with E-state index in [0.717, 1.165) is 0 Å². The maximum Gasteiger partial charge on any atom is 0.241 e. The Balaban J connectivity index is 2.05. The van der Waals surface area contributed by atoms with Crippen LogP contribution >= 0.6 is 0 Å². The molecule has 3 aromatic rings. The topological polar surface area (TPSA) is 63.6 Å². The van der Waals surface area contributed by atoms with Crippen molar-refractivity contribution in [3.8, 4) is 5.75 Å². The smallest absolute Gasteiger partial charge is 0.241 e. The summed E-state index contributed by atoms with van der Waals surface area (Å²) < 4.78 is 46.3. The van der Waals surface area contributed by atoms with Crippen LogP contribution in [-0.4, -0.2) is 26.1 Å². The fourth-order valence-corrected chi connectivity index (χ4v) is 4.38. The third-order valence-corrected chi connectivity index (χ3v) is 6.41. The van der Waals surface area contributed by atoms with Crippen molar-refractivity contribution < 1.29 is 22.7 Å². The van der Waals surface area contributed by atoms with Gasteiger partial charge in [0.05, 0.1) is 12.0 Å². The number of hydrogen-bond acceptors (Lipinski definition) is 4. The zero-order valence-corrected chi connectivity index (χ0v) is 16.6. The van der Waals surface area contributed by atoms with E-state index in [1.807, 2.05) is 0 Å². The average molecular weight is 412 g/mol. The van der Waals surface area contributed by atoms with E-state index < -0.39 is 20.9 Å². The number of halogens is 1. The quantitative estimate of drug-likeness (QED) is 0.626. The second-order valence-corrected chi connectivity index (χ2v) is 8.45. The van der Waals surface area contributed by atoms with Crippen molar-refractivity contribution >= 4 is 15.9 Å². The lowest BCUT2D eigenvalue weighted by Crippen LogP contribution is -2.40. The van der Waals surface area contributed by atoms with Crippen LogP contribution in [-0.2, 0) is 15.4 Å². The highest BCUT2D eigenvalue weighted by molar-refractivity contribution is 7.92. The Morgan fingerprint density at radius 1 is 0.931 bits per heavy atom. The fourth-order valence-electron chi connectivity index (χ4n) is 2.91. The van der Waals surface area contributed by atoms with E-state index in [1.165, 1.54) is 48.6 Å². The molecule has 150 valence electrons. The van der Waals surface area contributed by atoms with Gasteiger partial charge in [0.25, 0.3) is 0 Å². The SMILES string of the molecule is COc1ccc(/C=C/C(O)(c2ccccc2)C(F)S(=O)(=O)c2ccccc2)cc1. The molecular formula is C23H21FO4S. The third-order valence-electron chi connectivity index (χ3n) is 4.57. The number of benzene rings is 3. The van der Waals surface area contributed by atoms with Crippen molar-refractivity contribution in [3.05, 3.63) is 102 Å². The summed E-state index contributed by atoms with van der Waals surface area (Å²) in [4.78, 5) is -0.195. The molecule has 1 N–H and O–H groups in total. The van der Waals surface area contributed by atoms with E-state index >= 15 is 4.39 Å². The molecule has 4 nitrogen and oxygen atoms in total. The Hall–Kier alpha value is -2.96. The summed E-state index contributed by atoms with van der Waals surface area (Å²) in [6, 6.07) is 22.1. The summed E-state index contributed by atoms with van der Waals surface area (Å²) in [6.07, 6.45) is 2.66. The third kappa shape index (κ3) is 4.39. The maximum atomic E-state index is 15.5. The highest BCUT2D eigenvalue weighted by Gasteiger charge is 2.46. The van der Waals surface area contributed by atoms with Gasteiger partial charge in [-0.1, -0.05) is 66.7 Å². The number of rotatable bonds is 7. The van der Waals surface area contributed by atoms with Gasteiger partial charge in [0, 0.05) is 0 Å². The molecule has 0 heterocycles. The number of hydrogen-bond donors (Lipinski definition) is 1. The number of aliphatic hydroxyl groups is 1. The molecule has 3 aromatic carbocycles. The van der Waals surface area contributed by atoms with E-state index in [1.54, 1.807) is 55.6 Å². The summed E-state index contributed by atoms with van der Waals surface area (Å²) in [7, 11) is -2.90. The minimum Gasteiger partial charge on any atom is -0.497 e. The van der Waals surface area contributed by atoms with Crippen LogP contribution in [0, 0.1) is 0 Å². The van der Waals surface area contributed by atoms with Gasteiger partial charge < -0.3 is 9.84 Å². The lowest BCUT2D eigenvalue weighted by Gasteiger charge is -2.29. The van der Waals surface area contributed by atoms with E-state index in [9.17, 15) is 13.5 Å². The molecule has 0 aliphatic heterocycles. The second-order valence-electron chi connectivity index (χ2n) is 6.47. The van der Waals surface area contributed by atoms with Gasteiger partial charge in [0.1, 0.15) is 5.75 Å². The minimum absolute atomic E-state index is 0.136. The van der Waals surface area contributed by atoms with Crippen molar-refractivity contribution in [2.24, 2.45) is 0 Å². The van der Waals surface area contributed by atoms with Gasteiger partial charge in [0.2, 0.25) is 15.3 Å². The molecule has 3 rings (SSSR count). The molecule has 6 heteroatoms. The van der Waals surface area contributed by atoms with Gasteiger partial charge in [-0.25, -0.2) is 12.8 Å². The molecule has 2 unspecified atom stereocenters. The first-order valence-corrected chi connectivity index (χ1v) is 10.5. The van der Waals surface area contributed by atoms with Gasteiger partial charge in [-0.3, -0.25) is 0 Å². The van der Waals surface area contributed by atoms with Crippen LogP contribution in [0.4, 0.5) is 4.39 Å². The maximum absolute atomic E-state index is 15.5. The molecule has 2 atom stereocenters. The Morgan fingerprint density at radius 2 is 1.48 bits per heavy atom. The molecule has 0 spiro atoms.